The maximum atomic E-state index is 12.9. The summed E-state index contributed by atoms with van der Waals surface area (Å²) in [5, 5.41) is 0.0570. The molecule has 0 N–H and O–H groups in total. The average Bonchev–Trinajstić information content (AvgIpc) is 3.16. The molecule has 0 amide bonds. The van der Waals surface area contributed by atoms with Gasteiger partial charge < -0.3 is 4.57 Å². The molecule has 2 aromatic rings. The smallest absolute Gasteiger partial charge is 0.262 e. The van der Waals surface area contributed by atoms with Gasteiger partial charge in [-0.05, 0) is 19.8 Å². The number of sulfonamides is 1. The van der Waals surface area contributed by atoms with E-state index in [1.807, 2.05) is 18.2 Å². The zero-order valence-electron chi connectivity index (χ0n) is 13.8. The number of carbonyl (C=O) groups is 1. The Morgan fingerprint density at radius 1 is 1.29 bits per heavy atom. The fourth-order valence-corrected chi connectivity index (χ4v) is 4.78. The van der Waals surface area contributed by atoms with Crippen LogP contribution in [0.3, 0.4) is 0 Å². The third kappa shape index (κ3) is 3.14. The van der Waals surface area contributed by atoms with Crippen LogP contribution in [0.2, 0.25) is 0 Å². The Kier molecular flexibility index (Phi) is 4.56. The molecule has 128 valence electrons. The monoisotopic (exact) mass is 347 g/mol. The molecule has 1 fully saturated rings. The Morgan fingerprint density at radius 2 is 2.00 bits per heavy atom. The number of hydrogen-bond donors (Lipinski definition) is 0. The van der Waals surface area contributed by atoms with E-state index in [2.05, 4.69) is 4.98 Å². The number of aryl methyl sites for hydroxylation is 2. The highest BCUT2D eigenvalue weighted by Gasteiger charge is 2.37. The predicted octanol–water partition coefficient (Wildman–Crippen LogP) is 2.15. The van der Waals surface area contributed by atoms with Crippen LogP contribution in [0.15, 0.2) is 41.6 Å². The van der Waals surface area contributed by atoms with Crippen LogP contribution in [0.25, 0.3) is 0 Å². The van der Waals surface area contributed by atoms with E-state index in [4.69, 9.17) is 0 Å². The summed E-state index contributed by atoms with van der Waals surface area (Å²) < 4.78 is 28.9. The number of carbonyl (C=O) groups excluding carboxylic acids is 1. The van der Waals surface area contributed by atoms with Gasteiger partial charge in [0.1, 0.15) is 5.82 Å². The maximum Gasteiger partial charge on any atom is 0.262 e. The van der Waals surface area contributed by atoms with Crippen LogP contribution in [0.1, 0.15) is 35.4 Å². The molecule has 1 atom stereocenters. The highest BCUT2D eigenvalue weighted by Crippen LogP contribution is 2.28. The van der Waals surface area contributed by atoms with E-state index in [9.17, 15) is 13.2 Å². The Hall–Kier alpha value is -1.99. The van der Waals surface area contributed by atoms with Gasteiger partial charge in [0.05, 0.1) is 0 Å². The summed E-state index contributed by atoms with van der Waals surface area (Å²) in [4.78, 5) is 16.6. The van der Waals surface area contributed by atoms with Gasteiger partial charge in [-0.15, -0.1) is 0 Å². The molecule has 0 bridgehead atoms. The molecule has 7 heteroatoms. The summed E-state index contributed by atoms with van der Waals surface area (Å²) in [6.45, 7) is 2.20. The van der Waals surface area contributed by atoms with Gasteiger partial charge in [-0.1, -0.05) is 30.3 Å². The van der Waals surface area contributed by atoms with Crippen molar-refractivity contribution < 1.29 is 13.2 Å². The van der Waals surface area contributed by atoms with E-state index in [1.165, 1.54) is 10.5 Å². The van der Waals surface area contributed by atoms with E-state index in [1.54, 1.807) is 30.7 Å². The third-order valence-electron chi connectivity index (χ3n) is 4.50. The lowest BCUT2D eigenvalue weighted by Crippen LogP contribution is -2.37. The molecule has 1 aliphatic heterocycles. The summed E-state index contributed by atoms with van der Waals surface area (Å²) in [6, 6.07) is 8.70. The topological polar surface area (TPSA) is 72.3 Å². The first-order valence-electron chi connectivity index (χ1n) is 7.99. The van der Waals surface area contributed by atoms with Crippen LogP contribution in [0.4, 0.5) is 0 Å². The van der Waals surface area contributed by atoms with Crippen LogP contribution in [-0.2, 0) is 17.1 Å². The van der Waals surface area contributed by atoms with Crippen LogP contribution >= 0.6 is 0 Å². The molecule has 1 saturated heterocycles. The summed E-state index contributed by atoms with van der Waals surface area (Å²) >= 11 is 0. The van der Waals surface area contributed by atoms with Gasteiger partial charge in [-0.25, -0.2) is 13.4 Å². The van der Waals surface area contributed by atoms with Gasteiger partial charge in [-0.2, -0.15) is 4.31 Å². The molecule has 1 aromatic heterocycles. The van der Waals surface area contributed by atoms with Crippen molar-refractivity contribution in [3.63, 3.8) is 0 Å². The van der Waals surface area contributed by atoms with Gasteiger partial charge in [0.25, 0.3) is 10.0 Å². The van der Waals surface area contributed by atoms with Crippen molar-refractivity contribution in [1.29, 1.82) is 0 Å². The van der Waals surface area contributed by atoms with Crippen molar-refractivity contribution in [2.45, 2.75) is 37.3 Å². The van der Waals surface area contributed by atoms with Crippen molar-refractivity contribution in [1.82, 2.24) is 13.9 Å². The van der Waals surface area contributed by atoms with E-state index in [0.29, 0.717) is 24.4 Å². The number of aromatic nitrogens is 2. The zero-order valence-corrected chi connectivity index (χ0v) is 14.7. The summed E-state index contributed by atoms with van der Waals surface area (Å²) in [6.07, 6.45) is 3.19. The minimum atomic E-state index is -3.67. The molecular weight excluding hydrogens is 326 g/mol. The number of Topliss-reactive ketones (excluding diaryl/α,β-unsaturated/α-hetero) is 1. The van der Waals surface area contributed by atoms with Gasteiger partial charge >= 0.3 is 0 Å². The quantitative estimate of drug-likeness (QED) is 0.777. The Morgan fingerprint density at radius 3 is 2.62 bits per heavy atom. The summed E-state index contributed by atoms with van der Waals surface area (Å²) in [5.74, 6) is 0.615. The lowest BCUT2D eigenvalue weighted by Gasteiger charge is -2.22. The number of nitrogens with zero attached hydrogens (tertiary/aromatic N) is 3. The first-order chi connectivity index (χ1) is 11.4. The van der Waals surface area contributed by atoms with E-state index in [-0.39, 0.29) is 23.3 Å². The van der Waals surface area contributed by atoms with Gasteiger partial charge in [0.2, 0.25) is 0 Å². The molecule has 0 radical (unpaired) electrons. The highest BCUT2D eigenvalue weighted by atomic mass is 32.2. The molecule has 0 saturated carbocycles. The number of ketones is 1. The second-order valence-electron chi connectivity index (χ2n) is 6.14. The van der Waals surface area contributed by atoms with Crippen molar-refractivity contribution in [2.24, 2.45) is 7.05 Å². The lowest BCUT2D eigenvalue weighted by molar-refractivity contribution is 0.0961. The third-order valence-corrected chi connectivity index (χ3v) is 6.32. The fourth-order valence-electron chi connectivity index (χ4n) is 3.06. The molecule has 1 aromatic carbocycles. The molecule has 1 aliphatic rings. The van der Waals surface area contributed by atoms with Crippen LogP contribution < -0.4 is 0 Å². The molecule has 0 unspecified atom stereocenters. The first-order valence-corrected chi connectivity index (χ1v) is 9.43. The molecule has 0 aliphatic carbocycles. The fraction of sp³-hybridized carbons (Fsp3) is 0.412. The minimum Gasteiger partial charge on any atom is -0.337 e. The summed E-state index contributed by atoms with van der Waals surface area (Å²) in [7, 11) is -1.90. The Bertz CT molecular complexity index is 824. The van der Waals surface area contributed by atoms with Crippen molar-refractivity contribution in [2.75, 3.05) is 6.54 Å². The minimum absolute atomic E-state index is 0.0279. The SMILES string of the molecule is Cc1nc(S(=O)(=O)N2CCC[C@@H]2CC(=O)c2ccccc2)cn1C. The van der Waals surface area contributed by atoms with E-state index >= 15 is 0 Å². The average molecular weight is 347 g/mol. The summed E-state index contributed by atoms with van der Waals surface area (Å²) in [5.41, 5.74) is 0.621. The Labute approximate surface area is 142 Å². The molecule has 6 nitrogen and oxygen atoms in total. The number of benzene rings is 1. The maximum absolute atomic E-state index is 12.9. The second-order valence-corrected chi connectivity index (χ2v) is 7.98. The van der Waals surface area contributed by atoms with E-state index in [0.717, 1.165) is 6.42 Å². The zero-order chi connectivity index (χ0) is 17.3. The van der Waals surface area contributed by atoms with Crippen molar-refractivity contribution in [3.8, 4) is 0 Å². The van der Waals surface area contributed by atoms with Crippen molar-refractivity contribution in [3.05, 3.63) is 47.9 Å². The molecule has 3 rings (SSSR count). The van der Waals surface area contributed by atoms with Crippen LogP contribution in [0.5, 0.6) is 0 Å². The first kappa shape index (κ1) is 16.9. The lowest BCUT2D eigenvalue weighted by atomic mass is 10.0. The standard InChI is InChI=1S/C17H21N3O3S/c1-13-18-17(12-19(13)2)24(22,23)20-10-6-9-15(20)11-16(21)14-7-4-3-5-8-14/h3-5,7-8,12,15H,6,9-11H2,1-2H3/t15-/m1/s1. The molecular formula is C17H21N3O3S. The molecule has 24 heavy (non-hydrogen) atoms. The highest BCUT2D eigenvalue weighted by molar-refractivity contribution is 7.89. The number of imidazole rings is 1. The van der Waals surface area contributed by atoms with Crippen LogP contribution in [-0.4, -0.2) is 40.6 Å². The van der Waals surface area contributed by atoms with Gasteiger partial charge in [0, 0.05) is 37.8 Å². The van der Waals surface area contributed by atoms with E-state index < -0.39 is 10.0 Å². The van der Waals surface area contributed by atoms with Gasteiger partial charge in [0.15, 0.2) is 10.8 Å². The Balaban J connectivity index is 1.81. The largest absolute Gasteiger partial charge is 0.337 e. The number of rotatable bonds is 5. The second kappa shape index (κ2) is 6.49. The molecule has 0 spiro atoms. The van der Waals surface area contributed by atoms with Gasteiger partial charge in [-0.3, -0.25) is 4.79 Å². The molecule has 2 heterocycles. The number of hydrogen-bond acceptors (Lipinski definition) is 4. The van der Waals surface area contributed by atoms with Crippen LogP contribution in [0, 0.1) is 6.92 Å². The normalized spacial score (nSPS) is 18.8. The predicted molar refractivity (Wildman–Crippen MR) is 90.2 cm³/mol. The van der Waals surface area contributed by atoms with Crippen molar-refractivity contribution >= 4 is 15.8 Å².